The lowest BCUT2D eigenvalue weighted by molar-refractivity contribution is 0.0904. The van der Waals surface area contributed by atoms with Gasteiger partial charge in [0, 0.05) is 0 Å². The van der Waals surface area contributed by atoms with E-state index in [1.165, 1.54) is 12.1 Å². The highest BCUT2D eigenvalue weighted by molar-refractivity contribution is 9.09. The highest BCUT2D eigenvalue weighted by Crippen LogP contribution is 2.37. The molecule has 0 saturated heterocycles. The monoisotopic (exact) mass is 322 g/mol. The third-order valence-corrected chi connectivity index (χ3v) is 4.16. The molecule has 0 radical (unpaired) electrons. The molecule has 2 aromatic carbocycles. The van der Waals surface area contributed by atoms with Crippen molar-refractivity contribution in [3.8, 4) is 11.5 Å². The van der Waals surface area contributed by atoms with Crippen LogP contribution in [0.25, 0.3) is 0 Å². The van der Waals surface area contributed by atoms with E-state index in [4.69, 9.17) is 9.47 Å². The summed E-state index contributed by atoms with van der Waals surface area (Å²) in [5, 5.41) is 0. The van der Waals surface area contributed by atoms with Crippen molar-refractivity contribution in [3.63, 3.8) is 0 Å². The first-order valence-corrected chi connectivity index (χ1v) is 6.93. The van der Waals surface area contributed by atoms with Crippen LogP contribution >= 0.6 is 15.9 Å². The van der Waals surface area contributed by atoms with E-state index in [1.807, 2.05) is 24.3 Å². The van der Waals surface area contributed by atoms with Crippen LogP contribution in [0.2, 0.25) is 0 Å². The van der Waals surface area contributed by atoms with Crippen molar-refractivity contribution < 1.29 is 13.9 Å². The summed E-state index contributed by atoms with van der Waals surface area (Å²) in [6.45, 7) is 0.463. The van der Waals surface area contributed by atoms with E-state index in [1.54, 1.807) is 12.1 Å². The van der Waals surface area contributed by atoms with E-state index in [0.29, 0.717) is 6.61 Å². The molecule has 2 unspecified atom stereocenters. The van der Waals surface area contributed by atoms with Crippen LogP contribution in [0.5, 0.6) is 11.5 Å². The van der Waals surface area contributed by atoms with Crippen LogP contribution in [0.1, 0.15) is 10.4 Å². The van der Waals surface area contributed by atoms with E-state index < -0.39 is 0 Å². The van der Waals surface area contributed by atoms with Gasteiger partial charge >= 0.3 is 0 Å². The Labute approximate surface area is 119 Å². The third-order valence-electron chi connectivity index (χ3n) is 3.05. The molecule has 0 aromatic heterocycles. The number of rotatable bonds is 2. The van der Waals surface area contributed by atoms with Crippen LogP contribution in [-0.4, -0.2) is 12.7 Å². The summed E-state index contributed by atoms with van der Waals surface area (Å²) in [5.74, 6) is 1.26. The van der Waals surface area contributed by atoms with Crippen molar-refractivity contribution in [2.75, 3.05) is 6.61 Å². The third kappa shape index (κ3) is 2.59. The highest BCUT2D eigenvalue weighted by atomic mass is 79.9. The van der Waals surface area contributed by atoms with Gasteiger partial charge in [0.15, 0.2) is 11.5 Å². The van der Waals surface area contributed by atoms with E-state index in [-0.39, 0.29) is 16.7 Å². The summed E-state index contributed by atoms with van der Waals surface area (Å²) in [5.41, 5.74) is 0.967. The summed E-state index contributed by atoms with van der Waals surface area (Å²) in [4.78, 5) is -0.0403. The minimum Gasteiger partial charge on any atom is -0.486 e. The molecule has 98 valence electrons. The fourth-order valence-electron chi connectivity index (χ4n) is 2.04. The summed E-state index contributed by atoms with van der Waals surface area (Å²) < 4.78 is 24.5. The highest BCUT2D eigenvalue weighted by Gasteiger charge is 2.28. The molecule has 0 saturated carbocycles. The first kappa shape index (κ1) is 12.5. The Morgan fingerprint density at radius 3 is 2.47 bits per heavy atom. The van der Waals surface area contributed by atoms with Crippen molar-refractivity contribution >= 4 is 15.9 Å². The summed E-state index contributed by atoms with van der Waals surface area (Å²) in [7, 11) is 0. The standard InChI is InChI=1S/C15H12BrFO2/c16-15(10-5-7-11(17)8-6-10)14-9-18-12-3-1-2-4-13(12)19-14/h1-8,14-15H,9H2. The SMILES string of the molecule is Fc1ccc(C(Br)C2COc3ccccc3O2)cc1. The van der Waals surface area contributed by atoms with Gasteiger partial charge in [-0.1, -0.05) is 40.2 Å². The number of para-hydroxylation sites is 2. The molecule has 0 spiro atoms. The van der Waals surface area contributed by atoms with Gasteiger partial charge in [0.05, 0.1) is 4.83 Å². The van der Waals surface area contributed by atoms with Crippen molar-refractivity contribution in [2.24, 2.45) is 0 Å². The fraction of sp³-hybridized carbons (Fsp3) is 0.200. The minimum absolute atomic E-state index is 0.0403. The molecule has 1 aliphatic rings. The molecule has 2 nitrogen and oxygen atoms in total. The van der Waals surface area contributed by atoms with Gasteiger partial charge in [0.2, 0.25) is 0 Å². The number of ether oxygens (including phenoxy) is 2. The maximum Gasteiger partial charge on any atom is 0.161 e. The molecule has 0 aliphatic carbocycles. The van der Waals surface area contributed by atoms with Crippen molar-refractivity contribution in [3.05, 3.63) is 59.9 Å². The Balaban J connectivity index is 1.79. The van der Waals surface area contributed by atoms with Gasteiger partial charge in [-0.15, -0.1) is 0 Å². The summed E-state index contributed by atoms with van der Waals surface area (Å²) in [6, 6.07) is 14.0. The van der Waals surface area contributed by atoms with Crippen LogP contribution in [0.3, 0.4) is 0 Å². The van der Waals surface area contributed by atoms with Crippen LogP contribution in [0, 0.1) is 5.82 Å². The fourth-order valence-corrected chi connectivity index (χ4v) is 2.61. The van der Waals surface area contributed by atoms with Gasteiger partial charge in [-0.2, -0.15) is 0 Å². The largest absolute Gasteiger partial charge is 0.486 e. The zero-order chi connectivity index (χ0) is 13.2. The Morgan fingerprint density at radius 2 is 1.74 bits per heavy atom. The van der Waals surface area contributed by atoms with Crippen LogP contribution in [0.15, 0.2) is 48.5 Å². The zero-order valence-corrected chi connectivity index (χ0v) is 11.6. The van der Waals surface area contributed by atoms with Crippen molar-refractivity contribution in [1.29, 1.82) is 0 Å². The van der Waals surface area contributed by atoms with E-state index in [2.05, 4.69) is 15.9 Å². The lowest BCUT2D eigenvalue weighted by Gasteiger charge is -2.29. The van der Waals surface area contributed by atoms with Crippen LogP contribution in [-0.2, 0) is 0 Å². The lowest BCUT2D eigenvalue weighted by Crippen LogP contribution is -2.32. The maximum atomic E-state index is 12.9. The Morgan fingerprint density at radius 1 is 1.05 bits per heavy atom. The van der Waals surface area contributed by atoms with Gasteiger partial charge in [0.25, 0.3) is 0 Å². The van der Waals surface area contributed by atoms with E-state index >= 15 is 0 Å². The predicted octanol–water partition coefficient (Wildman–Crippen LogP) is 4.10. The first-order valence-electron chi connectivity index (χ1n) is 6.02. The van der Waals surface area contributed by atoms with Crippen molar-refractivity contribution in [1.82, 2.24) is 0 Å². The second-order valence-electron chi connectivity index (χ2n) is 4.37. The number of halogens is 2. The molecule has 0 amide bonds. The predicted molar refractivity (Wildman–Crippen MR) is 74.4 cm³/mol. The number of fused-ring (bicyclic) bond motifs is 1. The Bertz CT molecular complexity index is 571. The number of benzene rings is 2. The maximum absolute atomic E-state index is 12.9. The Kier molecular flexibility index (Phi) is 3.42. The molecule has 1 heterocycles. The van der Waals surface area contributed by atoms with Crippen LogP contribution in [0.4, 0.5) is 4.39 Å². The number of hydrogen-bond donors (Lipinski definition) is 0. The molecule has 1 aliphatic heterocycles. The summed E-state index contributed by atoms with van der Waals surface area (Å²) >= 11 is 3.60. The Hall–Kier alpha value is -1.55. The van der Waals surface area contributed by atoms with Crippen LogP contribution < -0.4 is 9.47 Å². The quantitative estimate of drug-likeness (QED) is 0.775. The van der Waals surface area contributed by atoms with Crippen molar-refractivity contribution in [2.45, 2.75) is 10.9 Å². The topological polar surface area (TPSA) is 18.5 Å². The molecular formula is C15H12BrFO2. The molecule has 4 heteroatoms. The van der Waals surface area contributed by atoms with Gasteiger partial charge < -0.3 is 9.47 Å². The average molecular weight is 323 g/mol. The first-order chi connectivity index (χ1) is 9.24. The van der Waals surface area contributed by atoms with Gasteiger partial charge in [-0.3, -0.25) is 0 Å². The average Bonchev–Trinajstić information content (AvgIpc) is 2.47. The molecule has 0 N–H and O–H groups in total. The minimum atomic E-state index is -0.241. The molecule has 0 fully saturated rings. The van der Waals surface area contributed by atoms with Gasteiger partial charge in [-0.25, -0.2) is 4.39 Å². The molecule has 19 heavy (non-hydrogen) atoms. The molecule has 3 rings (SSSR count). The molecular weight excluding hydrogens is 311 g/mol. The van der Waals surface area contributed by atoms with E-state index in [9.17, 15) is 4.39 Å². The molecule has 2 atom stereocenters. The number of alkyl halides is 1. The molecule has 0 bridgehead atoms. The lowest BCUT2D eigenvalue weighted by atomic mass is 10.1. The zero-order valence-electron chi connectivity index (χ0n) is 10.1. The second-order valence-corrected chi connectivity index (χ2v) is 5.35. The van der Waals surface area contributed by atoms with E-state index in [0.717, 1.165) is 17.1 Å². The molecule has 2 aromatic rings. The van der Waals surface area contributed by atoms with Gasteiger partial charge in [-0.05, 0) is 29.8 Å². The van der Waals surface area contributed by atoms with Gasteiger partial charge in [0.1, 0.15) is 18.5 Å². The normalized spacial score (nSPS) is 18.9. The smallest absolute Gasteiger partial charge is 0.161 e. The summed E-state index contributed by atoms with van der Waals surface area (Å²) in [6.07, 6.45) is -0.139. The number of hydrogen-bond acceptors (Lipinski definition) is 2. The second kappa shape index (κ2) is 5.21.